The first-order valence-electron chi connectivity index (χ1n) is 6.95. The molecule has 3 amide bonds. The highest BCUT2D eigenvalue weighted by molar-refractivity contribution is 6.07. The Bertz CT molecular complexity index is 604. The van der Waals surface area contributed by atoms with Crippen molar-refractivity contribution in [3.05, 3.63) is 0 Å². The van der Waals surface area contributed by atoms with E-state index in [0.717, 1.165) is 20.8 Å². The maximum atomic E-state index is 12.2. The molecule has 0 radical (unpaired) electrons. The van der Waals surface area contributed by atoms with Gasteiger partial charge in [0.25, 0.3) is 11.6 Å². The van der Waals surface area contributed by atoms with Crippen LogP contribution in [0.4, 0.5) is 4.79 Å². The number of nitrogens with one attached hydrogen (secondary N) is 2. The van der Waals surface area contributed by atoms with Gasteiger partial charge in [-0.2, -0.15) is 0 Å². The van der Waals surface area contributed by atoms with Gasteiger partial charge in [-0.15, -0.1) is 0 Å². The molecule has 4 atom stereocenters. The van der Waals surface area contributed by atoms with Crippen LogP contribution in [0.25, 0.3) is 0 Å². The Morgan fingerprint density at radius 1 is 1.08 bits per heavy atom. The van der Waals surface area contributed by atoms with Crippen molar-refractivity contribution in [1.29, 1.82) is 0 Å². The minimum atomic E-state index is -2.08. The summed E-state index contributed by atoms with van der Waals surface area (Å²) < 4.78 is 20.4. The van der Waals surface area contributed by atoms with E-state index < -0.39 is 53.9 Å². The Balaban J connectivity index is 2.37. The van der Waals surface area contributed by atoms with Crippen molar-refractivity contribution >= 4 is 29.8 Å². The molecule has 2 heterocycles. The van der Waals surface area contributed by atoms with E-state index in [1.165, 1.54) is 0 Å². The lowest BCUT2D eigenvalue weighted by Gasteiger charge is -2.27. The Morgan fingerprint density at radius 2 is 1.71 bits per heavy atom. The zero-order chi connectivity index (χ0) is 18.1. The van der Waals surface area contributed by atoms with Crippen LogP contribution < -0.4 is 10.6 Å². The highest BCUT2D eigenvalue weighted by Crippen LogP contribution is 2.36. The SMILES string of the molecule is CC(=O)OC[C@H]1O[C@]2(NC(=O)NC2=O)[C@H](OC(C)=O)[C@H]1OC(C)=O. The van der Waals surface area contributed by atoms with Gasteiger partial charge < -0.3 is 18.9 Å². The molecule has 0 aliphatic carbocycles. The molecule has 132 valence electrons. The number of amides is 3. The number of esters is 3. The van der Waals surface area contributed by atoms with E-state index in [2.05, 4.69) is 5.32 Å². The molecule has 0 bridgehead atoms. The van der Waals surface area contributed by atoms with Crippen LogP contribution >= 0.6 is 0 Å². The van der Waals surface area contributed by atoms with Gasteiger partial charge in [-0.1, -0.05) is 0 Å². The maximum absolute atomic E-state index is 12.2. The number of ether oxygens (including phenoxy) is 4. The van der Waals surface area contributed by atoms with E-state index in [0.29, 0.717) is 0 Å². The summed E-state index contributed by atoms with van der Waals surface area (Å²) in [5.41, 5.74) is -2.08. The summed E-state index contributed by atoms with van der Waals surface area (Å²) in [6.07, 6.45) is -3.85. The lowest BCUT2D eigenvalue weighted by atomic mass is 10.0. The highest BCUT2D eigenvalue weighted by atomic mass is 16.7. The average Bonchev–Trinajstić information content (AvgIpc) is 2.87. The summed E-state index contributed by atoms with van der Waals surface area (Å²) in [6.45, 7) is 2.95. The van der Waals surface area contributed by atoms with E-state index >= 15 is 0 Å². The number of carbonyl (C=O) groups is 5. The number of imide groups is 1. The van der Waals surface area contributed by atoms with Crippen molar-refractivity contribution in [2.24, 2.45) is 0 Å². The fraction of sp³-hybridized carbons (Fsp3) is 0.615. The molecule has 2 aliphatic rings. The van der Waals surface area contributed by atoms with E-state index in [4.69, 9.17) is 18.9 Å². The van der Waals surface area contributed by atoms with E-state index in [-0.39, 0.29) is 6.61 Å². The van der Waals surface area contributed by atoms with Gasteiger partial charge in [0, 0.05) is 20.8 Å². The summed E-state index contributed by atoms with van der Waals surface area (Å²) in [4.78, 5) is 57.4. The number of urea groups is 1. The molecule has 0 unspecified atom stereocenters. The second kappa shape index (κ2) is 6.43. The van der Waals surface area contributed by atoms with Gasteiger partial charge in [-0.3, -0.25) is 29.8 Å². The van der Waals surface area contributed by atoms with Crippen molar-refractivity contribution in [2.75, 3.05) is 6.61 Å². The zero-order valence-corrected chi connectivity index (χ0v) is 13.1. The zero-order valence-electron chi connectivity index (χ0n) is 13.1. The summed E-state index contributed by atoms with van der Waals surface area (Å²) in [5.74, 6) is -3.08. The maximum Gasteiger partial charge on any atom is 0.324 e. The molecule has 2 rings (SSSR count). The van der Waals surface area contributed by atoms with Gasteiger partial charge in [-0.25, -0.2) is 4.79 Å². The summed E-state index contributed by atoms with van der Waals surface area (Å²) >= 11 is 0. The third-order valence-corrected chi connectivity index (χ3v) is 3.31. The number of hydrogen-bond donors (Lipinski definition) is 2. The fourth-order valence-corrected chi connectivity index (χ4v) is 2.52. The van der Waals surface area contributed by atoms with Gasteiger partial charge in [0.2, 0.25) is 0 Å². The van der Waals surface area contributed by atoms with Crippen molar-refractivity contribution in [3.8, 4) is 0 Å². The lowest BCUT2D eigenvalue weighted by molar-refractivity contribution is -0.172. The topological polar surface area (TPSA) is 146 Å². The number of hydrogen-bond acceptors (Lipinski definition) is 9. The minimum absolute atomic E-state index is 0.379. The largest absolute Gasteiger partial charge is 0.463 e. The van der Waals surface area contributed by atoms with Crippen LogP contribution in [0.15, 0.2) is 0 Å². The first-order valence-corrected chi connectivity index (χ1v) is 6.95. The Morgan fingerprint density at radius 3 is 2.17 bits per heavy atom. The summed E-state index contributed by atoms with van der Waals surface area (Å²) in [6, 6.07) is -0.869. The van der Waals surface area contributed by atoms with Crippen LogP contribution in [-0.4, -0.2) is 60.5 Å². The predicted octanol–water partition coefficient (Wildman–Crippen LogP) is -1.65. The molecule has 2 saturated heterocycles. The number of rotatable bonds is 4. The third kappa shape index (κ3) is 3.30. The fourth-order valence-electron chi connectivity index (χ4n) is 2.52. The van der Waals surface area contributed by atoms with Crippen LogP contribution in [0.2, 0.25) is 0 Å². The molecular weight excluding hydrogens is 328 g/mol. The molecule has 2 aliphatic heterocycles. The van der Waals surface area contributed by atoms with Gasteiger partial charge in [0.1, 0.15) is 12.7 Å². The van der Waals surface area contributed by atoms with Crippen LogP contribution in [0.5, 0.6) is 0 Å². The molecule has 0 aromatic carbocycles. The van der Waals surface area contributed by atoms with Crippen molar-refractivity contribution in [3.63, 3.8) is 0 Å². The molecule has 2 N–H and O–H groups in total. The highest BCUT2D eigenvalue weighted by Gasteiger charge is 2.67. The van der Waals surface area contributed by atoms with Gasteiger partial charge >= 0.3 is 23.9 Å². The summed E-state index contributed by atoms with van der Waals surface area (Å²) in [5, 5.41) is 4.18. The van der Waals surface area contributed by atoms with Crippen molar-refractivity contribution < 1.29 is 42.9 Å². The van der Waals surface area contributed by atoms with E-state index in [1.54, 1.807) is 0 Å². The Hall–Kier alpha value is -2.69. The number of carbonyl (C=O) groups excluding carboxylic acids is 5. The van der Waals surface area contributed by atoms with Gasteiger partial charge in [-0.05, 0) is 0 Å². The molecule has 2 fully saturated rings. The monoisotopic (exact) mass is 344 g/mol. The minimum Gasteiger partial charge on any atom is -0.463 e. The predicted molar refractivity (Wildman–Crippen MR) is 72.0 cm³/mol. The standard InChI is InChI=1S/C13H16N2O9/c1-5(16)21-4-8-9(22-6(2)17)10(23-7(3)18)13(24-8)11(19)14-12(20)15-13/h8-10H,4H2,1-3H3,(H2,14,15,19,20)/t8-,9+,10-,13-/m1/s1. The van der Waals surface area contributed by atoms with Crippen LogP contribution in [-0.2, 0) is 38.1 Å². The van der Waals surface area contributed by atoms with E-state index in [9.17, 15) is 24.0 Å². The quantitative estimate of drug-likeness (QED) is 0.348. The molecular formula is C13H16N2O9. The molecule has 24 heavy (non-hydrogen) atoms. The molecule has 0 aromatic rings. The van der Waals surface area contributed by atoms with Crippen LogP contribution in [0.3, 0.4) is 0 Å². The normalized spacial score (nSPS) is 31.4. The first-order chi connectivity index (χ1) is 11.2. The van der Waals surface area contributed by atoms with Crippen molar-refractivity contribution in [1.82, 2.24) is 10.6 Å². The Labute approximate surface area is 135 Å². The average molecular weight is 344 g/mol. The molecule has 1 spiro atoms. The van der Waals surface area contributed by atoms with Crippen molar-refractivity contribution in [2.45, 2.75) is 44.8 Å². The first kappa shape index (κ1) is 17.7. The van der Waals surface area contributed by atoms with Gasteiger partial charge in [0.05, 0.1) is 0 Å². The van der Waals surface area contributed by atoms with Crippen LogP contribution in [0, 0.1) is 0 Å². The summed E-state index contributed by atoms with van der Waals surface area (Å²) in [7, 11) is 0. The molecule has 0 aromatic heterocycles. The third-order valence-electron chi connectivity index (χ3n) is 3.31. The molecule has 0 saturated carbocycles. The Kier molecular flexibility index (Phi) is 4.73. The lowest BCUT2D eigenvalue weighted by Crippen LogP contribution is -2.58. The van der Waals surface area contributed by atoms with Gasteiger partial charge in [0.15, 0.2) is 12.2 Å². The smallest absolute Gasteiger partial charge is 0.324 e. The van der Waals surface area contributed by atoms with E-state index in [1.807, 2.05) is 5.32 Å². The molecule has 11 heteroatoms. The second-order valence-corrected chi connectivity index (χ2v) is 5.21. The second-order valence-electron chi connectivity index (χ2n) is 5.21. The van der Waals surface area contributed by atoms with Crippen LogP contribution in [0.1, 0.15) is 20.8 Å². The molecule has 11 nitrogen and oxygen atoms in total.